The average molecular weight is 140 g/mol. The van der Waals surface area contributed by atoms with Gasteiger partial charge in [-0.2, -0.15) is 0 Å². The Balaban J connectivity index is 2.01. The number of likely N-dealkylation sites (N-methyl/N-ethyl adjacent to an activating group) is 1. The highest BCUT2D eigenvalue weighted by Gasteiger charge is 2.10. The minimum atomic E-state index is 0.986. The third-order valence-electron chi connectivity index (χ3n) is 1.97. The van der Waals surface area contributed by atoms with Crippen molar-refractivity contribution < 1.29 is 0 Å². The molecule has 0 bridgehead atoms. The van der Waals surface area contributed by atoms with Gasteiger partial charge < -0.3 is 4.90 Å². The molecule has 58 valence electrons. The Bertz CT molecular complexity index is 85.3. The van der Waals surface area contributed by atoms with Gasteiger partial charge in [0.05, 0.1) is 0 Å². The number of likely N-dealkylation sites (tertiary alicyclic amines) is 1. The van der Waals surface area contributed by atoms with E-state index in [1.165, 1.54) is 25.9 Å². The fourth-order valence-corrected chi connectivity index (χ4v) is 1.31. The second-order valence-electron chi connectivity index (χ2n) is 3.03. The third-order valence-corrected chi connectivity index (χ3v) is 1.97. The van der Waals surface area contributed by atoms with Gasteiger partial charge in [-0.1, -0.05) is 0 Å². The number of hydrogen-bond donors (Lipinski definition) is 0. The molecule has 0 aromatic heterocycles. The highest BCUT2D eigenvalue weighted by Crippen LogP contribution is 2.05. The van der Waals surface area contributed by atoms with Crippen molar-refractivity contribution in [1.29, 1.82) is 0 Å². The Morgan fingerprint density at radius 2 is 2.00 bits per heavy atom. The summed E-state index contributed by atoms with van der Waals surface area (Å²) in [6.45, 7) is 4.66. The van der Waals surface area contributed by atoms with Crippen molar-refractivity contribution in [2.75, 3.05) is 33.2 Å². The monoisotopic (exact) mass is 140 g/mol. The molecule has 1 fully saturated rings. The van der Waals surface area contributed by atoms with E-state index in [-0.39, 0.29) is 0 Å². The lowest BCUT2D eigenvalue weighted by Crippen LogP contribution is -2.28. The molecule has 0 spiro atoms. The van der Waals surface area contributed by atoms with Gasteiger partial charge in [0, 0.05) is 20.1 Å². The molecule has 0 saturated carbocycles. The lowest BCUT2D eigenvalue weighted by atomic mass is 10.4. The predicted octanol–water partition coefficient (Wildman–Crippen LogP) is 0.683. The van der Waals surface area contributed by atoms with Gasteiger partial charge in [-0.05, 0) is 33.0 Å². The zero-order chi connectivity index (χ0) is 7.40. The van der Waals surface area contributed by atoms with Crippen LogP contribution in [0.4, 0.5) is 0 Å². The predicted molar refractivity (Wildman–Crippen MR) is 42.6 cm³/mol. The van der Waals surface area contributed by atoms with E-state index in [1.54, 1.807) is 4.90 Å². The van der Waals surface area contributed by atoms with Gasteiger partial charge in [-0.3, -0.25) is 4.90 Å². The van der Waals surface area contributed by atoms with Gasteiger partial charge in [-0.15, -0.1) is 0 Å². The summed E-state index contributed by atoms with van der Waals surface area (Å²) in [7, 11) is 7.39. The summed E-state index contributed by atoms with van der Waals surface area (Å²) < 4.78 is 0. The first-order valence-electron chi connectivity index (χ1n) is 3.97. The molecule has 10 heavy (non-hydrogen) atoms. The van der Waals surface area contributed by atoms with E-state index >= 15 is 0 Å². The van der Waals surface area contributed by atoms with Crippen molar-refractivity contribution in [3.63, 3.8) is 0 Å². The highest BCUT2D eigenvalue weighted by atomic mass is 15.2. The van der Waals surface area contributed by atoms with E-state index in [0.717, 1.165) is 13.1 Å². The quantitative estimate of drug-likeness (QED) is 0.532. The molecule has 0 unspecified atom stereocenters. The summed E-state index contributed by atoms with van der Waals surface area (Å²) in [6.07, 6.45) is 2.74. The summed E-state index contributed by atoms with van der Waals surface area (Å²) in [4.78, 5) is 4.21. The lowest BCUT2D eigenvalue weighted by Gasteiger charge is -2.16. The van der Waals surface area contributed by atoms with Gasteiger partial charge in [0.25, 0.3) is 0 Å². The summed E-state index contributed by atoms with van der Waals surface area (Å²) in [5, 5.41) is 0. The van der Waals surface area contributed by atoms with E-state index in [1.807, 2.05) is 7.05 Å². The molecule has 2 heteroatoms. The SMILES string of the molecule is [CH]N(C)CCN1CCCC1. The van der Waals surface area contributed by atoms with Gasteiger partial charge in [-0.25, -0.2) is 0 Å². The lowest BCUT2D eigenvalue weighted by molar-refractivity contribution is 0.295. The maximum absolute atomic E-state index is 5.48. The molecule has 0 N–H and O–H groups in total. The summed E-state index contributed by atoms with van der Waals surface area (Å²) >= 11 is 0. The fourth-order valence-electron chi connectivity index (χ4n) is 1.31. The molecule has 0 amide bonds. The van der Waals surface area contributed by atoms with Crippen LogP contribution in [0, 0.1) is 7.05 Å². The van der Waals surface area contributed by atoms with Gasteiger partial charge in [0.2, 0.25) is 0 Å². The molecule has 1 heterocycles. The molecule has 0 atom stereocenters. The molecule has 1 saturated heterocycles. The van der Waals surface area contributed by atoms with Crippen molar-refractivity contribution in [2.24, 2.45) is 0 Å². The van der Waals surface area contributed by atoms with Crippen LogP contribution in [0.1, 0.15) is 12.8 Å². The molecule has 2 nitrogen and oxygen atoms in total. The smallest absolute Gasteiger partial charge is 0.0436 e. The minimum Gasteiger partial charge on any atom is -0.302 e. The van der Waals surface area contributed by atoms with Crippen LogP contribution in [0.2, 0.25) is 0 Å². The molecule has 1 aliphatic heterocycles. The molecule has 1 aliphatic rings. The number of hydrogen-bond acceptors (Lipinski definition) is 2. The largest absolute Gasteiger partial charge is 0.302 e. The van der Waals surface area contributed by atoms with Crippen LogP contribution in [-0.4, -0.2) is 43.0 Å². The van der Waals surface area contributed by atoms with Crippen molar-refractivity contribution >= 4 is 0 Å². The van der Waals surface area contributed by atoms with Crippen molar-refractivity contribution in [2.45, 2.75) is 12.8 Å². The van der Waals surface area contributed by atoms with Crippen LogP contribution in [0.3, 0.4) is 0 Å². The van der Waals surface area contributed by atoms with Gasteiger partial charge in [0.15, 0.2) is 0 Å². The zero-order valence-electron chi connectivity index (χ0n) is 6.71. The van der Waals surface area contributed by atoms with E-state index in [4.69, 9.17) is 7.05 Å². The second kappa shape index (κ2) is 3.94. The van der Waals surface area contributed by atoms with E-state index in [2.05, 4.69) is 4.90 Å². The van der Waals surface area contributed by atoms with Crippen molar-refractivity contribution in [3.8, 4) is 0 Å². The fraction of sp³-hybridized carbons (Fsp3) is 0.875. The second-order valence-corrected chi connectivity index (χ2v) is 3.03. The minimum absolute atomic E-state index is 0.986. The first-order valence-corrected chi connectivity index (χ1v) is 3.97. The normalized spacial score (nSPS) is 20.7. The summed E-state index contributed by atoms with van der Waals surface area (Å²) in [6, 6.07) is 0. The van der Waals surface area contributed by atoms with E-state index in [9.17, 15) is 0 Å². The molecular weight excluding hydrogens is 124 g/mol. The third kappa shape index (κ3) is 2.67. The van der Waals surface area contributed by atoms with Crippen molar-refractivity contribution in [1.82, 2.24) is 9.80 Å². The maximum Gasteiger partial charge on any atom is 0.0436 e. The maximum atomic E-state index is 5.48. The Kier molecular flexibility index (Phi) is 3.16. The van der Waals surface area contributed by atoms with Crippen LogP contribution < -0.4 is 0 Å². The topological polar surface area (TPSA) is 6.48 Å². The molecule has 1 rings (SSSR count). The zero-order valence-corrected chi connectivity index (χ0v) is 6.71. The highest BCUT2D eigenvalue weighted by molar-refractivity contribution is 4.66. The van der Waals surface area contributed by atoms with Gasteiger partial charge >= 0.3 is 0 Å². The Labute approximate surface area is 63.8 Å². The molecule has 0 aliphatic carbocycles. The van der Waals surface area contributed by atoms with E-state index in [0.29, 0.717) is 0 Å². The molecule has 0 aromatic carbocycles. The van der Waals surface area contributed by atoms with Crippen LogP contribution in [0.5, 0.6) is 0 Å². The van der Waals surface area contributed by atoms with Crippen LogP contribution in [0.15, 0.2) is 0 Å². The Hall–Kier alpha value is -0.0800. The van der Waals surface area contributed by atoms with E-state index < -0.39 is 0 Å². The Morgan fingerprint density at radius 1 is 1.40 bits per heavy atom. The van der Waals surface area contributed by atoms with Crippen LogP contribution >= 0.6 is 0 Å². The Morgan fingerprint density at radius 3 is 2.50 bits per heavy atom. The van der Waals surface area contributed by atoms with Gasteiger partial charge in [0.1, 0.15) is 0 Å². The first kappa shape index (κ1) is 8.02. The molecular formula is C8H16N2. The first-order chi connectivity index (χ1) is 4.79. The number of nitrogens with zero attached hydrogens (tertiary/aromatic N) is 2. The molecule has 0 aromatic rings. The van der Waals surface area contributed by atoms with Crippen LogP contribution in [-0.2, 0) is 0 Å². The number of rotatable bonds is 3. The van der Waals surface area contributed by atoms with Crippen LogP contribution in [0.25, 0.3) is 0 Å². The summed E-state index contributed by atoms with van der Waals surface area (Å²) in [5.74, 6) is 0. The average Bonchev–Trinajstić information content (AvgIpc) is 2.34. The standard InChI is InChI=1S/C8H16N2/c1-9(2)7-8-10-5-3-4-6-10/h1H,3-8H2,2H3. The summed E-state index contributed by atoms with van der Waals surface area (Å²) in [5.41, 5.74) is 0. The van der Waals surface area contributed by atoms with Crippen molar-refractivity contribution in [3.05, 3.63) is 7.05 Å². The molecule has 2 radical (unpaired) electrons.